The van der Waals surface area contributed by atoms with E-state index in [1.165, 1.54) is 5.56 Å². The molecular formula is C11H9N2. The molecule has 1 aromatic carbocycles. The van der Waals surface area contributed by atoms with E-state index in [1.807, 2.05) is 24.3 Å². The molecule has 63 valence electrons. The van der Waals surface area contributed by atoms with Crippen molar-refractivity contribution in [1.82, 2.24) is 10.2 Å². The van der Waals surface area contributed by atoms with Gasteiger partial charge in [0.05, 0.1) is 5.69 Å². The predicted molar refractivity (Wildman–Crippen MR) is 50.1 cm³/mol. The largest absolute Gasteiger partial charge is 0.155 e. The van der Waals surface area contributed by atoms with Crippen LogP contribution in [0, 0.1) is 6.20 Å². The highest BCUT2D eigenvalue weighted by Gasteiger charge is 1.95. The average molecular weight is 169 g/mol. The van der Waals surface area contributed by atoms with E-state index < -0.39 is 0 Å². The third-order valence-electron chi connectivity index (χ3n) is 1.81. The standard InChI is InChI=1S/C11H9N2/c1-2-5-10(6-3-1)9-11-7-4-8-12-13-11/h1-7H,9H2. The topological polar surface area (TPSA) is 25.8 Å². The molecule has 2 heteroatoms. The fraction of sp³-hybridized carbons (Fsp3) is 0.0909. The Morgan fingerprint density at radius 3 is 2.62 bits per heavy atom. The van der Waals surface area contributed by atoms with Crippen molar-refractivity contribution in [3.05, 3.63) is 59.9 Å². The van der Waals surface area contributed by atoms with Gasteiger partial charge in [-0.25, -0.2) is 0 Å². The summed E-state index contributed by atoms with van der Waals surface area (Å²) < 4.78 is 0. The van der Waals surface area contributed by atoms with Crippen molar-refractivity contribution >= 4 is 0 Å². The van der Waals surface area contributed by atoms with Crippen LogP contribution in [0.2, 0.25) is 0 Å². The van der Waals surface area contributed by atoms with Crippen LogP contribution >= 0.6 is 0 Å². The van der Waals surface area contributed by atoms with Crippen LogP contribution in [0.25, 0.3) is 0 Å². The Hall–Kier alpha value is -1.70. The summed E-state index contributed by atoms with van der Waals surface area (Å²) in [5, 5.41) is 7.67. The Morgan fingerprint density at radius 2 is 1.92 bits per heavy atom. The van der Waals surface area contributed by atoms with Gasteiger partial charge in [-0.2, -0.15) is 5.10 Å². The highest BCUT2D eigenvalue weighted by Crippen LogP contribution is 2.04. The van der Waals surface area contributed by atoms with Crippen molar-refractivity contribution < 1.29 is 0 Å². The molecule has 0 aliphatic carbocycles. The van der Waals surface area contributed by atoms with E-state index in [4.69, 9.17) is 0 Å². The van der Waals surface area contributed by atoms with Crippen molar-refractivity contribution in [2.75, 3.05) is 0 Å². The molecule has 0 aliphatic rings. The maximum absolute atomic E-state index is 3.97. The molecule has 2 rings (SSSR count). The lowest BCUT2D eigenvalue weighted by atomic mass is 10.1. The zero-order valence-electron chi connectivity index (χ0n) is 7.14. The van der Waals surface area contributed by atoms with Gasteiger partial charge >= 0.3 is 0 Å². The maximum Gasteiger partial charge on any atom is 0.113 e. The number of aromatic nitrogens is 2. The minimum atomic E-state index is 0.836. The monoisotopic (exact) mass is 169 g/mol. The minimum absolute atomic E-state index is 0.836. The van der Waals surface area contributed by atoms with Crippen molar-refractivity contribution in [2.45, 2.75) is 6.42 Å². The van der Waals surface area contributed by atoms with Crippen LogP contribution in [0.5, 0.6) is 0 Å². The highest BCUT2D eigenvalue weighted by molar-refractivity contribution is 5.20. The van der Waals surface area contributed by atoms with E-state index in [-0.39, 0.29) is 0 Å². The molecule has 0 fully saturated rings. The predicted octanol–water partition coefficient (Wildman–Crippen LogP) is 1.87. The third-order valence-corrected chi connectivity index (χ3v) is 1.81. The van der Waals surface area contributed by atoms with Gasteiger partial charge in [0, 0.05) is 6.42 Å². The maximum atomic E-state index is 3.97. The molecule has 1 aromatic heterocycles. The molecule has 2 nitrogen and oxygen atoms in total. The fourth-order valence-electron chi connectivity index (χ4n) is 1.19. The Balaban J connectivity index is 2.16. The van der Waals surface area contributed by atoms with Crippen molar-refractivity contribution in [2.24, 2.45) is 0 Å². The lowest BCUT2D eigenvalue weighted by Gasteiger charge is -1.97. The molecular weight excluding hydrogens is 160 g/mol. The lowest BCUT2D eigenvalue weighted by Crippen LogP contribution is -1.92. The Bertz CT molecular complexity index is 319. The van der Waals surface area contributed by atoms with E-state index in [9.17, 15) is 0 Å². The summed E-state index contributed by atoms with van der Waals surface area (Å²) in [6.45, 7) is 0. The molecule has 0 amide bonds. The van der Waals surface area contributed by atoms with Crippen LogP contribution in [0.3, 0.4) is 0 Å². The quantitative estimate of drug-likeness (QED) is 0.685. The van der Waals surface area contributed by atoms with Crippen LogP contribution in [-0.4, -0.2) is 10.2 Å². The van der Waals surface area contributed by atoms with Gasteiger partial charge in [-0.15, -0.1) is 5.10 Å². The second-order valence-corrected chi connectivity index (χ2v) is 2.82. The molecule has 1 radical (unpaired) electrons. The smallest absolute Gasteiger partial charge is 0.113 e. The van der Waals surface area contributed by atoms with Crippen LogP contribution < -0.4 is 0 Å². The lowest BCUT2D eigenvalue weighted by molar-refractivity contribution is 0.931. The molecule has 0 unspecified atom stereocenters. The Kier molecular flexibility index (Phi) is 2.32. The van der Waals surface area contributed by atoms with Gasteiger partial charge in [-0.3, -0.25) is 0 Å². The Morgan fingerprint density at radius 1 is 1.08 bits per heavy atom. The molecule has 0 bridgehead atoms. The summed E-state index contributed by atoms with van der Waals surface area (Å²) >= 11 is 0. The van der Waals surface area contributed by atoms with Crippen LogP contribution in [0.4, 0.5) is 0 Å². The van der Waals surface area contributed by atoms with Crippen molar-refractivity contribution in [3.63, 3.8) is 0 Å². The number of hydrogen-bond donors (Lipinski definition) is 0. The van der Waals surface area contributed by atoms with E-state index in [2.05, 4.69) is 28.5 Å². The summed E-state index contributed by atoms with van der Waals surface area (Å²) in [5.74, 6) is 0. The Labute approximate surface area is 77.3 Å². The first-order chi connectivity index (χ1) is 6.45. The molecule has 0 spiro atoms. The van der Waals surface area contributed by atoms with E-state index in [1.54, 1.807) is 6.07 Å². The molecule has 0 saturated heterocycles. The number of nitrogens with zero attached hydrogens (tertiary/aromatic N) is 2. The second kappa shape index (κ2) is 3.81. The first-order valence-corrected chi connectivity index (χ1v) is 4.18. The van der Waals surface area contributed by atoms with E-state index in [0.717, 1.165) is 12.1 Å². The van der Waals surface area contributed by atoms with Gasteiger partial charge in [0.25, 0.3) is 0 Å². The van der Waals surface area contributed by atoms with Crippen LogP contribution in [0.15, 0.2) is 42.5 Å². The molecule has 0 aliphatic heterocycles. The summed E-state index contributed by atoms with van der Waals surface area (Å²) in [5.41, 5.74) is 2.23. The zero-order valence-corrected chi connectivity index (χ0v) is 7.14. The number of hydrogen-bond acceptors (Lipinski definition) is 2. The van der Waals surface area contributed by atoms with E-state index >= 15 is 0 Å². The highest BCUT2D eigenvalue weighted by atomic mass is 15.1. The molecule has 0 N–H and O–H groups in total. The number of rotatable bonds is 2. The zero-order chi connectivity index (χ0) is 8.93. The fourth-order valence-corrected chi connectivity index (χ4v) is 1.19. The van der Waals surface area contributed by atoms with Crippen molar-refractivity contribution in [3.8, 4) is 0 Å². The second-order valence-electron chi connectivity index (χ2n) is 2.82. The number of benzene rings is 1. The van der Waals surface area contributed by atoms with E-state index in [0.29, 0.717) is 0 Å². The molecule has 1 heterocycles. The first kappa shape index (κ1) is 7.92. The van der Waals surface area contributed by atoms with Gasteiger partial charge in [0.15, 0.2) is 0 Å². The van der Waals surface area contributed by atoms with Crippen LogP contribution in [-0.2, 0) is 6.42 Å². The average Bonchev–Trinajstić information content (AvgIpc) is 2.21. The molecule has 2 aromatic rings. The first-order valence-electron chi connectivity index (χ1n) is 4.18. The van der Waals surface area contributed by atoms with Crippen LogP contribution in [0.1, 0.15) is 11.3 Å². The van der Waals surface area contributed by atoms with Gasteiger partial charge in [0.1, 0.15) is 6.20 Å². The summed E-state index contributed by atoms with van der Waals surface area (Å²) in [6.07, 6.45) is 3.49. The third kappa shape index (κ3) is 2.12. The van der Waals surface area contributed by atoms with Gasteiger partial charge in [-0.1, -0.05) is 30.3 Å². The summed E-state index contributed by atoms with van der Waals surface area (Å²) in [4.78, 5) is 0. The van der Waals surface area contributed by atoms with Gasteiger partial charge in [0.2, 0.25) is 0 Å². The summed E-state index contributed by atoms with van der Waals surface area (Å²) in [7, 11) is 0. The minimum Gasteiger partial charge on any atom is -0.155 e. The SMILES string of the molecule is [c]1ccc(Cc2ccccc2)nn1. The van der Waals surface area contributed by atoms with Crippen molar-refractivity contribution in [1.29, 1.82) is 0 Å². The summed E-state index contributed by atoms with van der Waals surface area (Å²) in [6, 6.07) is 13.9. The molecule has 13 heavy (non-hydrogen) atoms. The molecule has 0 atom stereocenters. The van der Waals surface area contributed by atoms with Gasteiger partial charge < -0.3 is 0 Å². The normalized spacial score (nSPS) is 9.85. The molecule has 0 saturated carbocycles. The van der Waals surface area contributed by atoms with Gasteiger partial charge in [-0.05, 0) is 17.7 Å².